The lowest BCUT2D eigenvalue weighted by molar-refractivity contribution is -0.126. The molecule has 2 heterocycles. The molecule has 7 nitrogen and oxygen atoms in total. The highest BCUT2D eigenvalue weighted by molar-refractivity contribution is 6.24. The molecule has 2 saturated heterocycles. The monoisotopic (exact) mass is 588 g/mol. The van der Waals surface area contributed by atoms with E-state index in [9.17, 15) is 24.3 Å². The summed E-state index contributed by atoms with van der Waals surface area (Å²) in [7, 11) is 0. The number of aromatic hydroxyl groups is 1. The molecule has 3 fully saturated rings. The Labute approximate surface area is 257 Å². The highest BCUT2D eigenvalue weighted by Crippen LogP contribution is 2.58. The van der Waals surface area contributed by atoms with Gasteiger partial charge < -0.3 is 5.11 Å². The molecule has 4 amide bonds. The number of carbonyl (C=O) groups is 4. The second kappa shape index (κ2) is 10.6. The minimum atomic E-state index is -0.638. The van der Waals surface area contributed by atoms with Crippen molar-refractivity contribution in [1.82, 2.24) is 0 Å². The number of anilines is 2. The van der Waals surface area contributed by atoms with Crippen LogP contribution >= 0.6 is 0 Å². The summed E-state index contributed by atoms with van der Waals surface area (Å²) in [4.78, 5) is 59.0. The van der Waals surface area contributed by atoms with E-state index < -0.39 is 29.6 Å². The topological polar surface area (TPSA) is 95.0 Å². The van der Waals surface area contributed by atoms with Crippen molar-refractivity contribution in [2.45, 2.75) is 52.4 Å². The van der Waals surface area contributed by atoms with Gasteiger partial charge in [-0.05, 0) is 91.1 Å². The minimum Gasteiger partial charge on any atom is -0.508 e. The zero-order valence-electron chi connectivity index (χ0n) is 25.2. The van der Waals surface area contributed by atoms with E-state index >= 15 is 0 Å². The minimum absolute atomic E-state index is 0.156. The molecule has 3 aromatic carbocycles. The zero-order chi connectivity index (χ0) is 30.9. The van der Waals surface area contributed by atoms with Crippen molar-refractivity contribution in [1.29, 1.82) is 0 Å². The average Bonchev–Trinajstić information content (AvgIpc) is 3.45. The van der Waals surface area contributed by atoms with Gasteiger partial charge in [-0.2, -0.15) is 0 Å². The van der Waals surface area contributed by atoms with Crippen LogP contribution in [0.4, 0.5) is 11.4 Å². The van der Waals surface area contributed by atoms with E-state index in [1.54, 1.807) is 6.07 Å². The van der Waals surface area contributed by atoms with Crippen molar-refractivity contribution in [2.24, 2.45) is 29.6 Å². The average molecular weight is 589 g/mol. The van der Waals surface area contributed by atoms with E-state index in [1.165, 1.54) is 9.80 Å². The van der Waals surface area contributed by atoms with E-state index in [0.29, 0.717) is 29.8 Å². The van der Waals surface area contributed by atoms with Crippen molar-refractivity contribution < 1.29 is 24.3 Å². The Morgan fingerprint density at radius 2 is 1.23 bits per heavy atom. The number of hydrogen-bond acceptors (Lipinski definition) is 5. The van der Waals surface area contributed by atoms with E-state index in [4.69, 9.17) is 0 Å². The fraction of sp³-hybridized carbons (Fsp3) is 0.351. The number of phenols is 1. The van der Waals surface area contributed by atoms with Gasteiger partial charge in [0.15, 0.2) is 0 Å². The summed E-state index contributed by atoms with van der Waals surface area (Å²) in [5.41, 5.74) is 5.82. The zero-order valence-corrected chi connectivity index (χ0v) is 25.2. The SMILES string of the molecule is CCc1ccc(N2C(=O)C3CC=C4C(CC5C(=O)N(c6ccc(CC)cc6)C(=O)C5C4c4ccc(O)c(C)c4)C3C2=O)cc1. The number of amides is 4. The predicted octanol–water partition coefficient (Wildman–Crippen LogP) is 5.87. The molecule has 0 bridgehead atoms. The molecule has 2 aliphatic heterocycles. The Balaban J connectivity index is 1.31. The second-order valence-corrected chi connectivity index (χ2v) is 12.6. The lowest BCUT2D eigenvalue weighted by atomic mass is 9.57. The maximum absolute atomic E-state index is 14.2. The largest absolute Gasteiger partial charge is 0.508 e. The number of allylic oxidation sites excluding steroid dienone is 2. The number of benzene rings is 3. The predicted molar refractivity (Wildman–Crippen MR) is 167 cm³/mol. The molecular formula is C37H36N2O5. The van der Waals surface area contributed by atoms with Gasteiger partial charge in [0.2, 0.25) is 23.6 Å². The van der Waals surface area contributed by atoms with Gasteiger partial charge in [0, 0.05) is 5.92 Å². The normalized spacial score (nSPS) is 27.8. The molecule has 2 aliphatic carbocycles. The number of fused-ring (bicyclic) bond motifs is 4. The Morgan fingerprint density at radius 1 is 0.682 bits per heavy atom. The number of phenolic OH excluding ortho intramolecular Hbond substituents is 1. The van der Waals surface area contributed by atoms with Gasteiger partial charge in [-0.25, -0.2) is 0 Å². The molecule has 1 N–H and O–H groups in total. The quantitative estimate of drug-likeness (QED) is 0.297. The summed E-state index contributed by atoms with van der Waals surface area (Å²) in [6.45, 7) is 5.92. The van der Waals surface area contributed by atoms with E-state index in [0.717, 1.165) is 35.1 Å². The van der Waals surface area contributed by atoms with Crippen LogP contribution in [0.15, 0.2) is 78.4 Å². The standard InChI is InChI=1S/C37H36N2O5/c1-4-21-6-11-24(12-7-21)38-34(41)27-16-15-26-28(32(27)36(38)43)19-29-33(31(26)23-10-17-30(40)20(3)18-23)37(44)39(35(29)42)25-13-8-22(5-2)9-14-25/h6-15,17-18,27-29,31-33,40H,4-5,16,19H2,1-3H3. The molecule has 224 valence electrons. The van der Waals surface area contributed by atoms with Gasteiger partial charge in [-0.1, -0.05) is 61.9 Å². The van der Waals surface area contributed by atoms with Gasteiger partial charge in [-0.15, -0.1) is 0 Å². The first-order chi connectivity index (χ1) is 21.2. The molecule has 44 heavy (non-hydrogen) atoms. The smallest absolute Gasteiger partial charge is 0.238 e. The van der Waals surface area contributed by atoms with Crippen LogP contribution in [0.2, 0.25) is 0 Å². The van der Waals surface area contributed by atoms with E-state index in [2.05, 4.69) is 19.9 Å². The Bertz CT molecular complexity index is 1720. The van der Waals surface area contributed by atoms with Gasteiger partial charge in [0.05, 0.1) is 35.0 Å². The Morgan fingerprint density at radius 3 is 1.77 bits per heavy atom. The summed E-state index contributed by atoms with van der Waals surface area (Å²) in [6, 6.07) is 20.4. The van der Waals surface area contributed by atoms with Crippen molar-refractivity contribution in [3.63, 3.8) is 0 Å². The molecule has 7 heteroatoms. The third kappa shape index (κ3) is 4.16. The molecule has 3 aromatic rings. The summed E-state index contributed by atoms with van der Waals surface area (Å²) in [6.07, 6.45) is 4.50. The van der Waals surface area contributed by atoms with Crippen LogP contribution in [0.25, 0.3) is 0 Å². The number of hydrogen-bond donors (Lipinski definition) is 1. The molecule has 6 atom stereocenters. The highest BCUT2D eigenvalue weighted by Gasteiger charge is 2.62. The van der Waals surface area contributed by atoms with Gasteiger partial charge >= 0.3 is 0 Å². The molecule has 6 unspecified atom stereocenters. The first-order valence-electron chi connectivity index (χ1n) is 15.7. The molecule has 7 rings (SSSR count). The van der Waals surface area contributed by atoms with Crippen LogP contribution in [-0.4, -0.2) is 28.7 Å². The summed E-state index contributed by atoms with van der Waals surface area (Å²) in [5.74, 6) is -3.96. The summed E-state index contributed by atoms with van der Waals surface area (Å²) in [5, 5.41) is 10.3. The first-order valence-corrected chi connectivity index (χ1v) is 15.7. The number of carbonyl (C=O) groups excluding carboxylic acids is 4. The molecule has 0 radical (unpaired) electrons. The highest BCUT2D eigenvalue weighted by atomic mass is 16.3. The molecule has 1 saturated carbocycles. The van der Waals surface area contributed by atoms with Gasteiger partial charge in [0.1, 0.15) is 5.75 Å². The number of nitrogens with zero attached hydrogens (tertiary/aromatic N) is 2. The van der Waals surface area contributed by atoms with Crippen LogP contribution in [0.3, 0.4) is 0 Å². The van der Waals surface area contributed by atoms with Crippen LogP contribution < -0.4 is 9.80 Å². The fourth-order valence-corrected chi connectivity index (χ4v) is 8.11. The molecule has 0 aromatic heterocycles. The first kappa shape index (κ1) is 28.3. The van der Waals surface area contributed by atoms with E-state index in [-0.39, 0.29) is 35.3 Å². The third-order valence-electron chi connectivity index (χ3n) is 10.4. The van der Waals surface area contributed by atoms with Crippen LogP contribution in [0.5, 0.6) is 5.75 Å². The fourth-order valence-electron chi connectivity index (χ4n) is 8.11. The lowest BCUT2D eigenvalue weighted by Crippen LogP contribution is -2.43. The van der Waals surface area contributed by atoms with Crippen LogP contribution in [0, 0.1) is 36.5 Å². The third-order valence-corrected chi connectivity index (χ3v) is 10.4. The maximum atomic E-state index is 14.2. The number of aryl methyl sites for hydroxylation is 3. The molecular weight excluding hydrogens is 552 g/mol. The Hall–Kier alpha value is -4.52. The van der Waals surface area contributed by atoms with Crippen molar-refractivity contribution in [3.8, 4) is 5.75 Å². The Kier molecular flexibility index (Phi) is 6.80. The van der Waals surface area contributed by atoms with Crippen LogP contribution in [0.1, 0.15) is 54.9 Å². The second-order valence-electron chi connectivity index (χ2n) is 12.6. The molecule has 0 spiro atoms. The maximum Gasteiger partial charge on any atom is 0.238 e. The van der Waals surface area contributed by atoms with Gasteiger partial charge in [-0.3, -0.25) is 29.0 Å². The lowest BCUT2D eigenvalue weighted by Gasteiger charge is -2.44. The van der Waals surface area contributed by atoms with Crippen molar-refractivity contribution in [3.05, 3.63) is 101 Å². The number of imide groups is 2. The number of rotatable bonds is 5. The van der Waals surface area contributed by atoms with Crippen molar-refractivity contribution in [2.75, 3.05) is 9.80 Å². The van der Waals surface area contributed by atoms with E-state index in [1.807, 2.05) is 67.6 Å². The van der Waals surface area contributed by atoms with Crippen LogP contribution in [-0.2, 0) is 32.0 Å². The summed E-state index contributed by atoms with van der Waals surface area (Å²) < 4.78 is 0. The summed E-state index contributed by atoms with van der Waals surface area (Å²) >= 11 is 0. The van der Waals surface area contributed by atoms with Crippen molar-refractivity contribution >= 4 is 35.0 Å². The molecule has 4 aliphatic rings. The van der Waals surface area contributed by atoms with Gasteiger partial charge in [0.25, 0.3) is 0 Å².